The van der Waals surface area contributed by atoms with Crippen molar-refractivity contribution in [2.45, 2.75) is 19.4 Å². The summed E-state index contributed by atoms with van der Waals surface area (Å²) in [7, 11) is 1.31. The molecule has 5 nitrogen and oxygen atoms in total. The van der Waals surface area contributed by atoms with Crippen molar-refractivity contribution < 1.29 is 18.7 Å². The van der Waals surface area contributed by atoms with Crippen molar-refractivity contribution in [2.24, 2.45) is 0 Å². The molecule has 0 radical (unpaired) electrons. The molecule has 1 aromatic heterocycles. The highest BCUT2D eigenvalue weighted by atomic mass is 19.1. The van der Waals surface area contributed by atoms with E-state index >= 15 is 0 Å². The highest BCUT2D eigenvalue weighted by molar-refractivity contribution is 5.79. The Kier molecular flexibility index (Phi) is 6.42. The molecule has 0 unspecified atom stereocenters. The second-order valence-electron chi connectivity index (χ2n) is 5.31. The molecule has 1 amide bonds. The van der Waals surface area contributed by atoms with Gasteiger partial charge in [0.15, 0.2) is 0 Å². The Balaban J connectivity index is 2.06. The first-order valence-corrected chi connectivity index (χ1v) is 7.56. The lowest BCUT2D eigenvalue weighted by Crippen LogP contribution is -2.34. The normalized spacial score (nSPS) is 10.2. The standard InChI is InChI=1S/C18H19FN2O3/c1-24-18(23)8-10-21(13-15-3-2-9-20-12-15)17(22)11-14-4-6-16(19)7-5-14/h2-7,9,12H,8,10-11,13H2,1H3. The Hall–Kier alpha value is -2.76. The second kappa shape index (κ2) is 8.76. The van der Waals surface area contributed by atoms with E-state index < -0.39 is 0 Å². The molecule has 0 fully saturated rings. The topological polar surface area (TPSA) is 59.5 Å². The van der Waals surface area contributed by atoms with Crippen LogP contribution in [0.5, 0.6) is 0 Å². The van der Waals surface area contributed by atoms with Crippen LogP contribution < -0.4 is 0 Å². The quantitative estimate of drug-likeness (QED) is 0.731. The molecule has 126 valence electrons. The van der Waals surface area contributed by atoms with Crippen LogP contribution in [0.15, 0.2) is 48.8 Å². The van der Waals surface area contributed by atoms with Gasteiger partial charge in [-0.2, -0.15) is 0 Å². The van der Waals surface area contributed by atoms with E-state index in [-0.39, 0.29) is 37.1 Å². The van der Waals surface area contributed by atoms with E-state index in [1.165, 1.54) is 19.2 Å². The van der Waals surface area contributed by atoms with Gasteiger partial charge in [-0.05, 0) is 29.3 Å². The molecule has 2 aromatic rings. The third-order valence-electron chi connectivity index (χ3n) is 3.53. The predicted octanol–water partition coefficient (Wildman–Crippen LogP) is 2.36. The maximum atomic E-state index is 13.0. The summed E-state index contributed by atoms with van der Waals surface area (Å²) in [6, 6.07) is 9.46. The molecule has 0 bridgehead atoms. The van der Waals surface area contributed by atoms with Crippen molar-refractivity contribution in [3.8, 4) is 0 Å². The molecule has 1 aromatic carbocycles. The number of esters is 1. The molecule has 0 aliphatic rings. The summed E-state index contributed by atoms with van der Waals surface area (Å²) in [6.45, 7) is 0.604. The largest absolute Gasteiger partial charge is 0.469 e. The van der Waals surface area contributed by atoms with Crippen molar-refractivity contribution in [3.63, 3.8) is 0 Å². The number of pyridine rings is 1. The lowest BCUT2D eigenvalue weighted by atomic mass is 10.1. The Morgan fingerprint density at radius 1 is 1.17 bits per heavy atom. The molecule has 6 heteroatoms. The first-order valence-electron chi connectivity index (χ1n) is 7.56. The summed E-state index contributed by atoms with van der Waals surface area (Å²) >= 11 is 0. The Labute approximate surface area is 140 Å². The summed E-state index contributed by atoms with van der Waals surface area (Å²) in [5, 5.41) is 0. The SMILES string of the molecule is COC(=O)CCN(Cc1cccnc1)C(=O)Cc1ccc(F)cc1. The van der Waals surface area contributed by atoms with E-state index in [1.807, 2.05) is 6.07 Å². The summed E-state index contributed by atoms with van der Waals surface area (Å²) < 4.78 is 17.6. The predicted molar refractivity (Wildman–Crippen MR) is 86.4 cm³/mol. The van der Waals surface area contributed by atoms with Gasteiger partial charge in [0.1, 0.15) is 5.82 Å². The number of benzene rings is 1. The Morgan fingerprint density at radius 3 is 2.54 bits per heavy atom. The number of rotatable bonds is 7. The van der Waals surface area contributed by atoms with Crippen LogP contribution in [-0.4, -0.2) is 35.4 Å². The van der Waals surface area contributed by atoms with Gasteiger partial charge in [-0.25, -0.2) is 4.39 Å². The molecule has 1 heterocycles. The zero-order valence-corrected chi connectivity index (χ0v) is 13.4. The van der Waals surface area contributed by atoms with Gasteiger partial charge in [-0.1, -0.05) is 18.2 Å². The fourth-order valence-corrected chi connectivity index (χ4v) is 2.22. The van der Waals surface area contributed by atoms with Crippen molar-refractivity contribution in [3.05, 3.63) is 65.7 Å². The molecule has 0 atom stereocenters. The molecule has 0 saturated heterocycles. The number of carbonyl (C=O) groups is 2. The maximum absolute atomic E-state index is 13.0. The van der Waals surface area contributed by atoms with Gasteiger partial charge in [-0.3, -0.25) is 14.6 Å². The zero-order chi connectivity index (χ0) is 17.4. The fourth-order valence-electron chi connectivity index (χ4n) is 2.22. The third-order valence-corrected chi connectivity index (χ3v) is 3.53. The van der Waals surface area contributed by atoms with Crippen molar-refractivity contribution >= 4 is 11.9 Å². The van der Waals surface area contributed by atoms with Gasteiger partial charge in [0.05, 0.1) is 20.0 Å². The van der Waals surface area contributed by atoms with Gasteiger partial charge in [0.2, 0.25) is 5.91 Å². The number of hydrogen-bond acceptors (Lipinski definition) is 4. The van der Waals surface area contributed by atoms with Gasteiger partial charge < -0.3 is 9.64 Å². The van der Waals surface area contributed by atoms with Gasteiger partial charge in [0.25, 0.3) is 0 Å². The van der Waals surface area contributed by atoms with Crippen molar-refractivity contribution in [1.82, 2.24) is 9.88 Å². The lowest BCUT2D eigenvalue weighted by Gasteiger charge is -2.22. The molecule has 2 rings (SSSR count). The first kappa shape index (κ1) is 17.6. The average Bonchev–Trinajstić information content (AvgIpc) is 2.61. The number of amides is 1. The minimum Gasteiger partial charge on any atom is -0.469 e. The molecule has 0 aliphatic carbocycles. The monoisotopic (exact) mass is 330 g/mol. The second-order valence-corrected chi connectivity index (χ2v) is 5.31. The van der Waals surface area contributed by atoms with Crippen LogP contribution in [0.4, 0.5) is 4.39 Å². The van der Waals surface area contributed by atoms with Gasteiger partial charge >= 0.3 is 5.97 Å². The number of halogens is 1. The number of carbonyl (C=O) groups excluding carboxylic acids is 2. The van der Waals surface area contributed by atoms with Crippen molar-refractivity contribution in [2.75, 3.05) is 13.7 Å². The zero-order valence-electron chi connectivity index (χ0n) is 13.4. The van der Waals surface area contributed by atoms with E-state index in [0.717, 1.165) is 11.1 Å². The molecule has 0 aliphatic heterocycles. The van der Waals surface area contributed by atoms with Crippen LogP contribution in [0.25, 0.3) is 0 Å². The molecule has 0 spiro atoms. The first-order chi connectivity index (χ1) is 11.6. The molecule has 0 N–H and O–H groups in total. The molecule has 0 saturated carbocycles. The van der Waals surface area contributed by atoms with E-state index in [9.17, 15) is 14.0 Å². The van der Waals surface area contributed by atoms with Crippen LogP contribution in [0.2, 0.25) is 0 Å². The minimum atomic E-state index is -0.374. The summed E-state index contributed by atoms with van der Waals surface area (Å²) in [5.41, 5.74) is 1.59. The smallest absolute Gasteiger partial charge is 0.307 e. The number of aromatic nitrogens is 1. The van der Waals surface area contributed by atoms with Crippen LogP contribution >= 0.6 is 0 Å². The van der Waals surface area contributed by atoms with E-state index in [1.54, 1.807) is 35.5 Å². The van der Waals surface area contributed by atoms with E-state index in [0.29, 0.717) is 6.54 Å². The average molecular weight is 330 g/mol. The Morgan fingerprint density at radius 2 is 1.92 bits per heavy atom. The van der Waals surface area contributed by atoms with Crippen LogP contribution in [-0.2, 0) is 27.3 Å². The van der Waals surface area contributed by atoms with Crippen LogP contribution in [0, 0.1) is 5.82 Å². The van der Waals surface area contributed by atoms with Gasteiger partial charge in [-0.15, -0.1) is 0 Å². The van der Waals surface area contributed by atoms with Gasteiger partial charge in [0, 0.05) is 25.5 Å². The lowest BCUT2D eigenvalue weighted by molar-refractivity contribution is -0.141. The minimum absolute atomic E-state index is 0.117. The number of methoxy groups -OCH3 is 1. The Bertz CT molecular complexity index is 674. The van der Waals surface area contributed by atoms with E-state index in [2.05, 4.69) is 9.72 Å². The van der Waals surface area contributed by atoms with E-state index in [4.69, 9.17) is 0 Å². The number of hydrogen-bond donors (Lipinski definition) is 0. The molecule has 24 heavy (non-hydrogen) atoms. The van der Waals surface area contributed by atoms with Crippen LogP contribution in [0.3, 0.4) is 0 Å². The number of nitrogens with zero attached hydrogens (tertiary/aromatic N) is 2. The molecular weight excluding hydrogens is 311 g/mol. The summed E-state index contributed by atoms with van der Waals surface area (Å²) in [6.07, 6.45) is 3.59. The molecular formula is C18H19FN2O3. The summed E-state index contributed by atoms with van der Waals surface area (Å²) in [5.74, 6) is -0.862. The number of ether oxygens (including phenoxy) is 1. The highest BCUT2D eigenvalue weighted by Crippen LogP contribution is 2.10. The highest BCUT2D eigenvalue weighted by Gasteiger charge is 2.16. The van der Waals surface area contributed by atoms with Crippen LogP contribution in [0.1, 0.15) is 17.5 Å². The van der Waals surface area contributed by atoms with Crippen molar-refractivity contribution in [1.29, 1.82) is 0 Å². The summed E-state index contributed by atoms with van der Waals surface area (Å²) in [4.78, 5) is 29.5. The fraction of sp³-hybridized carbons (Fsp3) is 0.278. The maximum Gasteiger partial charge on any atom is 0.307 e. The third kappa shape index (κ3) is 5.46.